The van der Waals surface area contributed by atoms with E-state index in [0.717, 1.165) is 10.8 Å². The maximum Gasteiger partial charge on any atom is 0.355 e. The Morgan fingerprint density at radius 1 is 1.48 bits per heavy atom. The van der Waals surface area contributed by atoms with Gasteiger partial charge in [0, 0.05) is 30.7 Å². The van der Waals surface area contributed by atoms with Gasteiger partial charge in [-0.1, -0.05) is 0 Å². The second kappa shape index (κ2) is 5.44. The molecule has 0 radical (unpaired) electrons. The van der Waals surface area contributed by atoms with E-state index < -0.39 is 5.97 Å². The average Bonchev–Trinajstić information content (AvgIpc) is 3.07. The van der Waals surface area contributed by atoms with Crippen LogP contribution in [-0.4, -0.2) is 42.2 Å². The van der Waals surface area contributed by atoms with Gasteiger partial charge in [-0.25, -0.2) is 14.8 Å². The Balaban J connectivity index is 1.67. The van der Waals surface area contributed by atoms with E-state index in [9.17, 15) is 4.79 Å². The third-order valence-corrected chi connectivity index (χ3v) is 3.81. The number of rotatable bonds is 5. The van der Waals surface area contributed by atoms with Crippen LogP contribution in [0.1, 0.15) is 21.3 Å². The SMILES string of the molecule is Cc1nnc2c(NCCc3nc(C(=O)O)cs3)nccn12. The maximum absolute atomic E-state index is 10.8. The molecule has 0 saturated heterocycles. The Morgan fingerprint density at radius 2 is 2.33 bits per heavy atom. The van der Waals surface area contributed by atoms with Crippen molar-refractivity contribution in [2.45, 2.75) is 13.3 Å². The van der Waals surface area contributed by atoms with Crippen molar-refractivity contribution in [2.75, 3.05) is 11.9 Å². The highest BCUT2D eigenvalue weighted by Gasteiger charge is 2.10. The van der Waals surface area contributed by atoms with E-state index in [1.54, 1.807) is 17.8 Å². The third kappa shape index (κ3) is 2.68. The Bertz CT molecular complexity index is 796. The summed E-state index contributed by atoms with van der Waals surface area (Å²) in [4.78, 5) is 19.0. The van der Waals surface area contributed by atoms with E-state index in [1.807, 2.05) is 11.3 Å². The van der Waals surface area contributed by atoms with Crippen LogP contribution in [0.15, 0.2) is 17.8 Å². The van der Waals surface area contributed by atoms with Crippen molar-refractivity contribution in [2.24, 2.45) is 0 Å². The van der Waals surface area contributed by atoms with Gasteiger partial charge in [0.15, 0.2) is 11.5 Å². The van der Waals surface area contributed by atoms with Crippen LogP contribution in [0.5, 0.6) is 0 Å². The number of hydrogen-bond acceptors (Lipinski definition) is 7. The Labute approximate surface area is 123 Å². The number of fused-ring (bicyclic) bond motifs is 1. The number of carboxylic acid groups (broad SMARTS) is 1. The van der Waals surface area contributed by atoms with E-state index in [0.29, 0.717) is 24.4 Å². The molecule has 108 valence electrons. The van der Waals surface area contributed by atoms with Gasteiger partial charge < -0.3 is 10.4 Å². The van der Waals surface area contributed by atoms with Gasteiger partial charge in [-0.05, 0) is 6.92 Å². The first kappa shape index (κ1) is 13.4. The summed E-state index contributed by atoms with van der Waals surface area (Å²) in [5.41, 5.74) is 0.753. The molecule has 3 aromatic rings. The van der Waals surface area contributed by atoms with Gasteiger partial charge in [0.1, 0.15) is 5.82 Å². The summed E-state index contributed by atoms with van der Waals surface area (Å²) in [7, 11) is 0. The molecule has 0 aliphatic carbocycles. The molecule has 0 aromatic carbocycles. The quantitative estimate of drug-likeness (QED) is 0.730. The minimum atomic E-state index is -1.00. The second-order valence-corrected chi connectivity index (χ2v) is 5.27. The number of carboxylic acids is 1. The molecule has 0 fully saturated rings. The fourth-order valence-corrected chi connectivity index (χ4v) is 2.65. The lowest BCUT2D eigenvalue weighted by atomic mass is 10.4. The summed E-state index contributed by atoms with van der Waals surface area (Å²) >= 11 is 1.34. The molecule has 2 N–H and O–H groups in total. The van der Waals surface area contributed by atoms with Crippen molar-refractivity contribution in [3.63, 3.8) is 0 Å². The predicted octanol–water partition coefficient (Wildman–Crippen LogP) is 1.24. The molecule has 3 rings (SSSR count). The number of aromatic carboxylic acids is 1. The van der Waals surface area contributed by atoms with Gasteiger partial charge in [-0.2, -0.15) is 0 Å². The summed E-state index contributed by atoms with van der Waals surface area (Å²) in [6.07, 6.45) is 4.10. The molecule has 0 saturated carbocycles. The highest BCUT2D eigenvalue weighted by Crippen LogP contribution is 2.13. The topological polar surface area (TPSA) is 105 Å². The lowest BCUT2D eigenvalue weighted by Crippen LogP contribution is -2.08. The van der Waals surface area contributed by atoms with E-state index >= 15 is 0 Å². The number of nitrogens with zero attached hydrogens (tertiary/aromatic N) is 5. The fraction of sp³-hybridized carbons (Fsp3) is 0.250. The lowest BCUT2D eigenvalue weighted by molar-refractivity contribution is 0.0691. The van der Waals surface area contributed by atoms with E-state index in [1.165, 1.54) is 11.3 Å². The van der Waals surface area contributed by atoms with Crippen LogP contribution < -0.4 is 5.32 Å². The van der Waals surface area contributed by atoms with Gasteiger partial charge >= 0.3 is 5.97 Å². The molecular weight excluding hydrogens is 292 g/mol. The van der Waals surface area contributed by atoms with Gasteiger partial charge in [0.05, 0.1) is 5.01 Å². The van der Waals surface area contributed by atoms with Crippen molar-refractivity contribution < 1.29 is 9.90 Å². The first-order valence-corrected chi connectivity index (χ1v) is 7.11. The number of aromatic nitrogens is 5. The zero-order chi connectivity index (χ0) is 14.8. The van der Waals surface area contributed by atoms with Gasteiger partial charge in [-0.3, -0.25) is 4.40 Å². The summed E-state index contributed by atoms with van der Waals surface area (Å²) in [5.74, 6) is 0.436. The molecule has 0 amide bonds. The Hall–Kier alpha value is -2.55. The van der Waals surface area contributed by atoms with Crippen LogP contribution in [-0.2, 0) is 6.42 Å². The summed E-state index contributed by atoms with van der Waals surface area (Å²) in [6, 6.07) is 0. The van der Waals surface area contributed by atoms with Crippen molar-refractivity contribution in [1.82, 2.24) is 24.6 Å². The number of carbonyl (C=O) groups is 1. The van der Waals surface area contributed by atoms with Gasteiger partial charge in [-0.15, -0.1) is 21.5 Å². The molecule has 3 heterocycles. The molecule has 8 nitrogen and oxygen atoms in total. The summed E-state index contributed by atoms with van der Waals surface area (Å²) < 4.78 is 1.85. The molecule has 0 aliphatic heterocycles. The Kier molecular flexibility index (Phi) is 3.48. The average molecular weight is 304 g/mol. The van der Waals surface area contributed by atoms with Crippen molar-refractivity contribution >= 4 is 28.8 Å². The van der Waals surface area contributed by atoms with Crippen LogP contribution >= 0.6 is 11.3 Å². The van der Waals surface area contributed by atoms with Crippen molar-refractivity contribution in [1.29, 1.82) is 0 Å². The predicted molar refractivity (Wildman–Crippen MR) is 76.8 cm³/mol. The van der Waals surface area contributed by atoms with Crippen molar-refractivity contribution in [3.05, 3.63) is 34.3 Å². The first-order valence-electron chi connectivity index (χ1n) is 6.23. The second-order valence-electron chi connectivity index (χ2n) is 4.33. The number of hydrogen-bond donors (Lipinski definition) is 2. The van der Waals surface area contributed by atoms with Crippen LogP contribution in [0.25, 0.3) is 5.65 Å². The van der Waals surface area contributed by atoms with Crippen LogP contribution in [0.3, 0.4) is 0 Å². The third-order valence-electron chi connectivity index (χ3n) is 2.90. The fourth-order valence-electron chi connectivity index (χ4n) is 1.88. The standard InChI is InChI=1S/C12H12N6O2S/c1-7-16-17-11-10(14-4-5-18(7)11)13-3-2-9-15-8(6-21-9)12(19)20/h4-6H,2-3H2,1H3,(H,13,14)(H,19,20). The molecule has 0 unspecified atom stereocenters. The zero-order valence-electron chi connectivity index (χ0n) is 11.1. The largest absolute Gasteiger partial charge is 0.476 e. The maximum atomic E-state index is 10.8. The minimum Gasteiger partial charge on any atom is -0.476 e. The first-order chi connectivity index (χ1) is 10.1. The highest BCUT2D eigenvalue weighted by atomic mass is 32.1. The van der Waals surface area contributed by atoms with Crippen LogP contribution in [0, 0.1) is 6.92 Å². The van der Waals surface area contributed by atoms with Crippen molar-refractivity contribution in [3.8, 4) is 0 Å². The summed E-state index contributed by atoms with van der Waals surface area (Å²) in [6.45, 7) is 2.46. The molecular formula is C12H12N6O2S. The highest BCUT2D eigenvalue weighted by molar-refractivity contribution is 7.09. The van der Waals surface area contributed by atoms with E-state index in [-0.39, 0.29) is 5.69 Å². The zero-order valence-corrected chi connectivity index (χ0v) is 12.0. The lowest BCUT2D eigenvalue weighted by Gasteiger charge is -2.05. The van der Waals surface area contributed by atoms with Crippen LogP contribution in [0.2, 0.25) is 0 Å². The number of thiazole rings is 1. The minimum absolute atomic E-state index is 0.0864. The van der Waals surface area contributed by atoms with E-state index in [2.05, 4.69) is 25.5 Å². The Morgan fingerprint density at radius 3 is 3.10 bits per heavy atom. The molecule has 21 heavy (non-hydrogen) atoms. The normalized spacial score (nSPS) is 10.9. The smallest absolute Gasteiger partial charge is 0.355 e. The molecule has 0 bridgehead atoms. The molecule has 9 heteroatoms. The summed E-state index contributed by atoms with van der Waals surface area (Å²) in [5, 5.41) is 22.4. The van der Waals surface area contributed by atoms with Gasteiger partial charge in [0.2, 0.25) is 5.65 Å². The molecule has 0 atom stereocenters. The van der Waals surface area contributed by atoms with Gasteiger partial charge in [0.25, 0.3) is 0 Å². The number of anilines is 1. The molecule has 0 spiro atoms. The number of aryl methyl sites for hydroxylation is 1. The molecule has 0 aliphatic rings. The number of nitrogens with one attached hydrogen (secondary N) is 1. The molecule has 3 aromatic heterocycles. The van der Waals surface area contributed by atoms with Crippen LogP contribution in [0.4, 0.5) is 5.82 Å². The monoisotopic (exact) mass is 304 g/mol. The van der Waals surface area contributed by atoms with E-state index in [4.69, 9.17) is 5.11 Å².